The van der Waals surface area contributed by atoms with Crippen LogP contribution in [0.2, 0.25) is 5.02 Å². The van der Waals surface area contributed by atoms with E-state index in [1.165, 1.54) is 16.9 Å². The lowest BCUT2D eigenvalue weighted by atomic mass is 9.95. The molecule has 21 heavy (non-hydrogen) atoms. The van der Waals surface area contributed by atoms with Crippen LogP contribution >= 0.6 is 22.9 Å². The van der Waals surface area contributed by atoms with Crippen molar-refractivity contribution in [3.05, 3.63) is 50.9 Å². The highest BCUT2D eigenvalue weighted by Crippen LogP contribution is 2.20. The van der Waals surface area contributed by atoms with Crippen LogP contribution in [0.15, 0.2) is 30.5 Å². The molecule has 4 heteroatoms. The Morgan fingerprint density at radius 3 is 2.62 bits per heavy atom. The minimum atomic E-state index is 0.595. The van der Waals surface area contributed by atoms with Crippen LogP contribution in [0.4, 0.5) is 0 Å². The van der Waals surface area contributed by atoms with Gasteiger partial charge in [0.05, 0.1) is 5.01 Å². The topological polar surface area (TPSA) is 24.9 Å². The molecule has 1 heterocycles. The molecule has 1 aromatic heterocycles. The summed E-state index contributed by atoms with van der Waals surface area (Å²) in [5, 5.41) is 5.51. The molecule has 1 unspecified atom stereocenters. The van der Waals surface area contributed by atoms with Crippen LogP contribution in [0.5, 0.6) is 0 Å². The summed E-state index contributed by atoms with van der Waals surface area (Å²) < 4.78 is 0. The van der Waals surface area contributed by atoms with E-state index < -0.39 is 0 Å². The summed E-state index contributed by atoms with van der Waals surface area (Å²) in [6.07, 6.45) is 5.36. The maximum absolute atomic E-state index is 5.96. The Bertz CT molecular complexity index is 536. The van der Waals surface area contributed by atoms with E-state index in [4.69, 9.17) is 11.6 Å². The third-order valence-corrected chi connectivity index (χ3v) is 4.64. The number of halogens is 1. The maximum atomic E-state index is 5.96. The van der Waals surface area contributed by atoms with Crippen LogP contribution in [-0.4, -0.2) is 18.1 Å². The molecule has 0 bridgehead atoms. The fourth-order valence-corrected chi connectivity index (χ4v) is 3.47. The van der Waals surface area contributed by atoms with Gasteiger partial charge in [-0.05, 0) is 62.9 Å². The van der Waals surface area contributed by atoms with E-state index in [0.29, 0.717) is 5.92 Å². The molecule has 2 aromatic rings. The van der Waals surface area contributed by atoms with Gasteiger partial charge in [-0.15, -0.1) is 11.3 Å². The SMILES string of the molecule is CCCNCC(Cc1ccc(Cl)cc1)Cc1cnc(C)s1. The molecule has 114 valence electrons. The normalized spacial score (nSPS) is 12.5. The first-order valence-corrected chi connectivity index (χ1v) is 8.73. The predicted octanol–water partition coefficient (Wildman–Crippen LogP) is 4.51. The molecule has 2 rings (SSSR count). The highest BCUT2D eigenvalue weighted by Gasteiger charge is 2.12. The molecule has 1 N–H and O–H groups in total. The molecule has 0 aliphatic carbocycles. The van der Waals surface area contributed by atoms with Crippen molar-refractivity contribution in [2.45, 2.75) is 33.1 Å². The van der Waals surface area contributed by atoms with Gasteiger partial charge >= 0.3 is 0 Å². The molecule has 0 saturated carbocycles. The van der Waals surface area contributed by atoms with Crippen molar-refractivity contribution >= 4 is 22.9 Å². The van der Waals surface area contributed by atoms with Gasteiger partial charge in [0.25, 0.3) is 0 Å². The lowest BCUT2D eigenvalue weighted by Crippen LogP contribution is -2.26. The molecule has 0 aliphatic heterocycles. The number of nitrogens with zero attached hydrogens (tertiary/aromatic N) is 1. The second-order valence-corrected chi connectivity index (χ2v) is 7.21. The molecular formula is C17H23ClN2S. The van der Waals surface area contributed by atoms with E-state index in [2.05, 4.69) is 36.3 Å². The largest absolute Gasteiger partial charge is 0.316 e. The lowest BCUT2D eigenvalue weighted by Gasteiger charge is -2.17. The molecule has 2 nitrogen and oxygen atoms in total. The summed E-state index contributed by atoms with van der Waals surface area (Å²) in [6.45, 7) is 6.40. The van der Waals surface area contributed by atoms with Crippen LogP contribution in [0.1, 0.15) is 28.8 Å². The molecule has 1 aromatic carbocycles. The van der Waals surface area contributed by atoms with Gasteiger partial charge in [-0.1, -0.05) is 30.7 Å². The van der Waals surface area contributed by atoms with Gasteiger partial charge in [-0.25, -0.2) is 4.98 Å². The third-order valence-electron chi connectivity index (χ3n) is 3.46. The molecule has 0 amide bonds. The number of nitrogens with one attached hydrogen (secondary N) is 1. The number of aromatic nitrogens is 1. The number of rotatable bonds is 8. The van der Waals surface area contributed by atoms with Crippen LogP contribution in [0.3, 0.4) is 0 Å². The maximum Gasteiger partial charge on any atom is 0.0896 e. The highest BCUT2D eigenvalue weighted by molar-refractivity contribution is 7.11. The molecule has 0 saturated heterocycles. The Hall–Kier alpha value is -0.900. The Morgan fingerprint density at radius 2 is 2.00 bits per heavy atom. The van der Waals surface area contributed by atoms with Crippen LogP contribution in [-0.2, 0) is 12.8 Å². The van der Waals surface area contributed by atoms with Crippen molar-refractivity contribution in [1.82, 2.24) is 10.3 Å². The molecule has 0 aliphatic rings. The van der Waals surface area contributed by atoms with E-state index in [1.807, 2.05) is 29.7 Å². The van der Waals surface area contributed by atoms with E-state index in [-0.39, 0.29) is 0 Å². The van der Waals surface area contributed by atoms with Crippen molar-refractivity contribution in [1.29, 1.82) is 0 Å². The smallest absolute Gasteiger partial charge is 0.0896 e. The molecule has 0 spiro atoms. The first-order chi connectivity index (χ1) is 10.2. The Balaban J connectivity index is 1.98. The fraction of sp³-hybridized carbons (Fsp3) is 0.471. The summed E-state index contributed by atoms with van der Waals surface area (Å²) >= 11 is 7.77. The summed E-state index contributed by atoms with van der Waals surface area (Å²) in [5.41, 5.74) is 1.35. The summed E-state index contributed by atoms with van der Waals surface area (Å²) in [5.74, 6) is 0.595. The fourth-order valence-electron chi connectivity index (χ4n) is 2.44. The summed E-state index contributed by atoms with van der Waals surface area (Å²) in [7, 11) is 0. The van der Waals surface area contributed by atoms with Gasteiger partial charge in [-0.3, -0.25) is 0 Å². The standard InChI is InChI=1S/C17H23ClN2S/c1-3-8-19-11-15(10-17-12-20-13(2)21-17)9-14-4-6-16(18)7-5-14/h4-7,12,15,19H,3,8-11H2,1-2H3. The van der Waals surface area contributed by atoms with Gasteiger partial charge in [0, 0.05) is 16.1 Å². The van der Waals surface area contributed by atoms with E-state index in [9.17, 15) is 0 Å². The van der Waals surface area contributed by atoms with Crippen molar-refractivity contribution in [2.75, 3.05) is 13.1 Å². The minimum absolute atomic E-state index is 0.595. The number of hydrogen-bond donors (Lipinski definition) is 1. The number of hydrogen-bond acceptors (Lipinski definition) is 3. The zero-order valence-electron chi connectivity index (χ0n) is 12.7. The molecule has 0 radical (unpaired) electrons. The van der Waals surface area contributed by atoms with Gasteiger partial charge < -0.3 is 5.32 Å². The summed E-state index contributed by atoms with van der Waals surface area (Å²) in [4.78, 5) is 5.74. The van der Waals surface area contributed by atoms with Crippen LogP contribution in [0.25, 0.3) is 0 Å². The molecule has 1 atom stereocenters. The zero-order chi connectivity index (χ0) is 15.1. The highest BCUT2D eigenvalue weighted by atomic mass is 35.5. The zero-order valence-corrected chi connectivity index (χ0v) is 14.3. The van der Waals surface area contributed by atoms with Crippen molar-refractivity contribution < 1.29 is 0 Å². The first-order valence-electron chi connectivity index (χ1n) is 7.54. The Morgan fingerprint density at radius 1 is 1.24 bits per heavy atom. The second-order valence-electron chi connectivity index (χ2n) is 5.45. The predicted molar refractivity (Wildman–Crippen MR) is 92.4 cm³/mol. The first kappa shape index (κ1) is 16.5. The van der Waals surface area contributed by atoms with Gasteiger partial charge in [0.15, 0.2) is 0 Å². The van der Waals surface area contributed by atoms with Gasteiger partial charge in [-0.2, -0.15) is 0 Å². The number of benzene rings is 1. The average molecular weight is 323 g/mol. The quantitative estimate of drug-likeness (QED) is 0.723. The number of thiazole rings is 1. The van der Waals surface area contributed by atoms with E-state index >= 15 is 0 Å². The minimum Gasteiger partial charge on any atom is -0.316 e. The lowest BCUT2D eigenvalue weighted by molar-refractivity contribution is 0.473. The van der Waals surface area contributed by atoms with Crippen LogP contribution < -0.4 is 5.32 Å². The van der Waals surface area contributed by atoms with E-state index in [1.54, 1.807) is 0 Å². The third kappa shape index (κ3) is 5.77. The second kappa shape index (κ2) is 8.52. The van der Waals surface area contributed by atoms with Crippen LogP contribution in [0, 0.1) is 12.8 Å². The summed E-state index contributed by atoms with van der Waals surface area (Å²) in [6, 6.07) is 8.22. The van der Waals surface area contributed by atoms with Gasteiger partial charge in [0.1, 0.15) is 0 Å². The van der Waals surface area contributed by atoms with Crippen molar-refractivity contribution in [3.63, 3.8) is 0 Å². The Labute approximate surface area is 136 Å². The molecule has 0 fully saturated rings. The van der Waals surface area contributed by atoms with Crippen molar-refractivity contribution in [3.8, 4) is 0 Å². The van der Waals surface area contributed by atoms with Gasteiger partial charge in [0.2, 0.25) is 0 Å². The average Bonchev–Trinajstić information content (AvgIpc) is 2.87. The number of aryl methyl sites for hydroxylation is 1. The monoisotopic (exact) mass is 322 g/mol. The Kier molecular flexibility index (Phi) is 6.68. The van der Waals surface area contributed by atoms with E-state index in [0.717, 1.165) is 36.0 Å². The van der Waals surface area contributed by atoms with Crippen molar-refractivity contribution in [2.24, 2.45) is 5.92 Å². The molecular weight excluding hydrogens is 300 g/mol.